The smallest absolute Gasteiger partial charge is 0.242 e. The maximum Gasteiger partial charge on any atom is 0.242 e. The van der Waals surface area contributed by atoms with Crippen LogP contribution in [0.2, 0.25) is 0 Å². The molecule has 0 bridgehead atoms. The fraction of sp³-hybridized carbons (Fsp3) is 0.600. The molecule has 0 amide bonds. The standard InChI is InChI=1S/C10H18N4O/c1-7(2)4-5-12-9-8(11)10(15-3)14-6-13-9/h6-7H,4-5,11H2,1-3H3,(H,12,13,14). The van der Waals surface area contributed by atoms with Gasteiger partial charge in [0.2, 0.25) is 5.88 Å². The lowest BCUT2D eigenvalue weighted by molar-refractivity contribution is 0.399. The quantitative estimate of drug-likeness (QED) is 0.771. The monoisotopic (exact) mass is 210 g/mol. The summed E-state index contributed by atoms with van der Waals surface area (Å²) in [5.41, 5.74) is 6.26. The number of nitrogens with two attached hydrogens (primary N) is 1. The Balaban J connectivity index is 2.61. The van der Waals surface area contributed by atoms with Crippen LogP contribution in [0.1, 0.15) is 20.3 Å². The molecule has 0 aromatic carbocycles. The second-order valence-corrected chi connectivity index (χ2v) is 3.75. The van der Waals surface area contributed by atoms with Gasteiger partial charge in [-0.15, -0.1) is 0 Å². The van der Waals surface area contributed by atoms with Crippen molar-refractivity contribution in [1.29, 1.82) is 0 Å². The molecule has 15 heavy (non-hydrogen) atoms. The van der Waals surface area contributed by atoms with Crippen molar-refractivity contribution in [2.45, 2.75) is 20.3 Å². The SMILES string of the molecule is COc1ncnc(NCCC(C)C)c1N. The predicted molar refractivity (Wildman–Crippen MR) is 60.9 cm³/mol. The molecule has 0 aliphatic rings. The minimum absolute atomic E-state index is 0.414. The van der Waals surface area contributed by atoms with Crippen molar-refractivity contribution in [3.63, 3.8) is 0 Å². The molecule has 5 heteroatoms. The minimum Gasteiger partial charge on any atom is -0.479 e. The summed E-state index contributed by atoms with van der Waals surface area (Å²) in [6, 6.07) is 0. The van der Waals surface area contributed by atoms with Crippen molar-refractivity contribution in [2.24, 2.45) is 5.92 Å². The zero-order valence-corrected chi connectivity index (χ0v) is 9.45. The van der Waals surface area contributed by atoms with Gasteiger partial charge in [-0.2, -0.15) is 4.98 Å². The van der Waals surface area contributed by atoms with Gasteiger partial charge >= 0.3 is 0 Å². The molecule has 0 aliphatic carbocycles. The van der Waals surface area contributed by atoms with E-state index in [-0.39, 0.29) is 0 Å². The molecular formula is C10H18N4O. The maximum atomic E-state index is 5.80. The van der Waals surface area contributed by atoms with Crippen LogP contribution in [0.15, 0.2) is 6.33 Å². The summed E-state index contributed by atoms with van der Waals surface area (Å²) in [6.07, 6.45) is 2.51. The highest BCUT2D eigenvalue weighted by atomic mass is 16.5. The summed E-state index contributed by atoms with van der Waals surface area (Å²) in [7, 11) is 1.54. The van der Waals surface area contributed by atoms with E-state index in [0.717, 1.165) is 13.0 Å². The normalized spacial score (nSPS) is 10.4. The van der Waals surface area contributed by atoms with E-state index < -0.39 is 0 Å². The Morgan fingerprint density at radius 1 is 1.47 bits per heavy atom. The summed E-state index contributed by atoms with van der Waals surface area (Å²) in [4.78, 5) is 7.96. The maximum absolute atomic E-state index is 5.80. The Morgan fingerprint density at radius 3 is 2.80 bits per heavy atom. The summed E-state index contributed by atoms with van der Waals surface area (Å²) in [5, 5.41) is 3.16. The lowest BCUT2D eigenvalue weighted by Gasteiger charge is -2.10. The first-order chi connectivity index (χ1) is 7.15. The van der Waals surface area contributed by atoms with Crippen molar-refractivity contribution < 1.29 is 4.74 Å². The molecule has 1 aromatic heterocycles. The van der Waals surface area contributed by atoms with Crippen LogP contribution < -0.4 is 15.8 Å². The van der Waals surface area contributed by atoms with Crippen LogP contribution >= 0.6 is 0 Å². The third-order valence-electron chi connectivity index (χ3n) is 2.05. The van der Waals surface area contributed by atoms with Gasteiger partial charge in [-0.05, 0) is 12.3 Å². The van der Waals surface area contributed by atoms with Crippen LogP contribution in [0.4, 0.5) is 11.5 Å². The summed E-state index contributed by atoms with van der Waals surface area (Å²) < 4.78 is 5.00. The van der Waals surface area contributed by atoms with Gasteiger partial charge < -0.3 is 15.8 Å². The molecular weight excluding hydrogens is 192 g/mol. The number of methoxy groups -OCH3 is 1. The summed E-state index contributed by atoms with van der Waals surface area (Å²) in [5.74, 6) is 1.71. The predicted octanol–water partition coefficient (Wildman–Crippen LogP) is 1.53. The lowest BCUT2D eigenvalue weighted by Crippen LogP contribution is -2.09. The topological polar surface area (TPSA) is 73.1 Å². The van der Waals surface area contributed by atoms with Gasteiger partial charge in [0.05, 0.1) is 7.11 Å². The molecule has 0 aliphatic heterocycles. The van der Waals surface area contributed by atoms with Gasteiger partial charge in [-0.25, -0.2) is 4.98 Å². The number of rotatable bonds is 5. The average molecular weight is 210 g/mol. The highest BCUT2D eigenvalue weighted by Gasteiger charge is 2.07. The molecule has 0 radical (unpaired) electrons. The van der Waals surface area contributed by atoms with E-state index in [1.165, 1.54) is 13.4 Å². The zero-order chi connectivity index (χ0) is 11.3. The third kappa shape index (κ3) is 3.27. The second-order valence-electron chi connectivity index (χ2n) is 3.75. The molecule has 0 atom stereocenters. The minimum atomic E-state index is 0.414. The van der Waals surface area contributed by atoms with Gasteiger partial charge in [0.25, 0.3) is 0 Å². The molecule has 0 fully saturated rings. The lowest BCUT2D eigenvalue weighted by atomic mass is 10.1. The van der Waals surface area contributed by atoms with E-state index in [0.29, 0.717) is 23.3 Å². The van der Waals surface area contributed by atoms with Gasteiger partial charge in [-0.3, -0.25) is 0 Å². The highest BCUT2D eigenvalue weighted by molar-refractivity contribution is 5.66. The third-order valence-corrected chi connectivity index (χ3v) is 2.05. The van der Waals surface area contributed by atoms with Crippen molar-refractivity contribution in [3.8, 4) is 5.88 Å². The number of anilines is 2. The van der Waals surface area contributed by atoms with Crippen molar-refractivity contribution in [3.05, 3.63) is 6.33 Å². The highest BCUT2D eigenvalue weighted by Crippen LogP contribution is 2.23. The number of ether oxygens (including phenoxy) is 1. The number of nitrogen functional groups attached to an aromatic ring is 1. The fourth-order valence-corrected chi connectivity index (χ4v) is 1.16. The van der Waals surface area contributed by atoms with Crippen molar-refractivity contribution >= 4 is 11.5 Å². The van der Waals surface area contributed by atoms with E-state index in [1.807, 2.05) is 0 Å². The number of hydrogen-bond donors (Lipinski definition) is 2. The van der Waals surface area contributed by atoms with E-state index in [4.69, 9.17) is 10.5 Å². The molecule has 0 saturated heterocycles. The number of aromatic nitrogens is 2. The Bertz CT molecular complexity index is 314. The molecule has 1 heterocycles. The summed E-state index contributed by atoms with van der Waals surface area (Å²) >= 11 is 0. The molecule has 0 unspecified atom stereocenters. The zero-order valence-electron chi connectivity index (χ0n) is 9.45. The largest absolute Gasteiger partial charge is 0.479 e. The molecule has 84 valence electrons. The first kappa shape index (κ1) is 11.6. The molecule has 0 spiro atoms. The Kier molecular flexibility index (Phi) is 4.15. The van der Waals surface area contributed by atoms with Crippen LogP contribution in [0.5, 0.6) is 5.88 Å². The Labute approximate surface area is 90.1 Å². The first-order valence-electron chi connectivity index (χ1n) is 5.03. The van der Waals surface area contributed by atoms with Gasteiger partial charge in [0.1, 0.15) is 12.0 Å². The van der Waals surface area contributed by atoms with Crippen LogP contribution in [-0.2, 0) is 0 Å². The van der Waals surface area contributed by atoms with E-state index in [9.17, 15) is 0 Å². The van der Waals surface area contributed by atoms with Crippen molar-refractivity contribution in [1.82, 2.24) is 9.97 Å². The number of nitrogens with one attached hydrogen (secondary N) is 1. The molecule has 0 saturated carbocycles. The van der Waals surface area contributed by atoms with Gasteiger partial charge in [0, 0.05) is 6.54 Å². The molecule has 1 aromatic rings. The molecule has 3 N–H and O–H groups in total. The van der Waals surface area contributed by atoms with Crippen LogP contribution in [0, 0.1) is 5.92 Å². The Hall–Kier alpha value is -1.52. The van der Waals surface area contributed by atoms with E-state index in [1.54, 1.807) is 0 Å². The molecule has 5 nitrogen and oxygen atoms in total. The van der Waals surface area contributed by atoms with Gasteiger partial charge in [0.15, 0.2) is 5.82 Å². The van der Waals surface area contributed by atoms with E-state index >= 15 is 0 Å². The number of nitrogens with zero attached hydrogens (tertiary/aromatic N) is 2. The number of hydrogen-bond acceptors (Lipinski definition) is 5. The first-order valence-corrected chi connectivity index (χ1v) is 5.03. The molecule has 1 rings (SSSR count). The van der Waals surface area contributed by atoms with Crippen LogP contribution in [0.3, 0.4) is 0 Å². The van der Waals surface area contributed by atoms with Crippen LogP contribution in [0.25, 0.3) is 0 Å². The fourth-order valence-electron chi connectivity index (χ4n) is 1.16. The average Bonchev–Trinajstić information content (AvgIpc) is 2.20. The van der Waals surface area contributed by atoms with Gasteiger partial charge in [-0.1, -0.05) is 13.8 Å². The second kappa shape index (κ2) is 5.38. The Morgan fingerprint density at radius 2 is 2.20 bits per heavy atom. The van der Waals surface area contributed by atoms with Crippen molar-refractivity contribution in [2.75, 3.05) is 24.7 Å². The van der Waals surface area contributed by atoms with Crippen LogP contribution in [-0.4, -0.2) is 23.6 Å². The van der Waals surface area contributed by atoms with E-state index in [2.05, 4.69) is 29.1 Å². The summed E-state index contributed by atoms with van der Waals surface area (Å²) in [6.45, 7) is 5.19.